The topological polar surface area (TPSA) is 46.0 Å². The zero-order valence-electron chi connectivity index (χ0n) is 9.21. The van der Waals surface area contributed by atoms with Crippen molar-refractivity contribution in [2.45, 2.75) is 6.92 Å². The van der Waals surface area contributed by atoms with Gasteiger partial charge in [-0.25, -0.2) is 9.50 Å². The van der Waals surface area contributed by atoms with E-state index in [1.165, 1.54) is 0 Å². The van der Waals surface area contributed by atoms with Gasteiger partial charge in [-0.1, -0.05) is 12.2 Å². The van der Waals surface area contributed by atoms with Gasteiger partial charge in [0.15, 0.2) is 5.65 Å². The molecule has 0 spiro atoms. The lowest BCUT2D eigenvalue weighted by Gasteiger charge is -1.96. The predicted octanol–water partition coefficient (Wildman–Crippen LogP) is 2.76. The molecule has 0 bridgehead atoms. The fourth-order valence-electron chi connectivity index (χ4n) is 1.79. The van der Waals surface area contributed by atoms with Crippen LogP contribution in [0.2, 0.25) is 0 Å². The van der Waals surface area contributed by atoms with Gasteiger partial charge in [0, 0.05) is 29.7 Å². The Morgan fingerprint density at radius 3 is 2.76 bits per heavy atom. The molecule has 0 aliphatic rings. The number of aromatic amines is 1. The van der Waals surface area contributed by atoms with Gasteiger partial charge in [0.25, 0.3) is 0 Å². The Morgan fingerprint density at radius 2 is 2.00 bits per heavy atom. The second-order valence-electron chi connectivity index (χ2n) is 3.84. The van der Waals surface area contributed by atoms with E-state index in [1.54, 1.807) is 16.9 Å². The lowest BCUT2D eigenvalue weighted by atomic mass is 10.2. The van der Waals surface area contributed by atoms with Crippen molar-refractivity contribution in [3.63, 3.8) is 0 Å². The Bertz CT molecular complexity index is 727. The maximum absolute atomic E-state index is 5.28. The minimum Gasteiger partial charge on any atom is -0.291 e. The van der Waals surface area contributed by atoms with Crippen molar-refractivity contribution in [1.29, 1.82) is 0 Å². The number of hydrogen-bond acceptors (Lipinski definition) is 3. The summed E-state index contributed by atoms with van der Waals surface area (Å²) in [5, 5.41) is 3.23. The smallest absolute Gasteiger partial charge is 0.155 e. The highest BCUT2D eigenvalue weighted by molar-refractivity contribution is 7.71. The fraction of sp³-hybridized carbons (Fsp3) is 0.0833. The highest BCUT2D eigenvalue weighted by atomic mass is 32.1. The molecule has 0 atom stereocenters. The molecule has 17 heavy (non-hydrogen) atoms. The van der Waals surface area contributed by atoms with Gasteiger partial charge in [0.1, 0.15) is 4.64 Å². The quantitative estimate of drug-likeness (QED) is 0.667. The van der Waals surface area contributed by atoms with Crippen molar-refractivity contribution in [1.82, 2.24) is 19.6 Å². The molecular weight excluding hydrogens is 232 g/mol. The van der Waals surface area contributed by atoms with Crippen LogP contribution in [0.3, 0.4) is 0 Å². The molecule has 3 aromatic rings. The lowest BCUT2D eigenvalue weighted by molar-refractivity contribution is 0.918. The van der Waals surface area contributed by atoms with Crippen molar-refractivity contribution in [3.8, 4) is 11.3 Å². The number of hydrogen-bond donors (Lipinski definition) is 1. The number of pyridine rings is 1. The second kappa shape index (κ2) is 3.78. The van der Waals surface area contributed by atoms with Crippen molar-refractivity contribution in [2.24, 2.45) is 0 Å². The van der Waals surface area contributed by atoms with Crippen molar-refractivity contribution < 1.29 is 0 Å². The zero-order chi connectivity index (χ0) is 11.8. The van der Waals surface area contributed by atoms with Gasteiger partial charge in [-0.3, -0.25) is 10.1 Å². The first-order valence-corrected chi connectivity index (χ1v) is 5.65. The molecule has 0 aromatic carbocycles. The normalized spacial score (nSPS) is 10.9. The van der Waals surface area contributed by atoms with E-state index in [9.17, 15) is 0 Å². The van der Waals surface area contributed by atoms with Crippen LogP contribution in [0, 0.1) is 11.6 Å². The molecule has 0 fully saturated rings. The van der Waals surface area contributed by atoms with E-state index in [-0.39, 0.29) is 0 Å². The third-order valence-corrected chi connectivity index (χ3v) is 2.87. The van der Waals surface area contributed by atoms with Gasteiger partial charge in [-0.15, -0.1) is 0 Å². The first-order valence-electron chi connectivity index (χ1n) is 5.24. The standard InChI is InChI=1S/C12H10N4S/c1-8-6-12(17)16-11(14-8)7-10(15-16)9-2-4-13-5-3-9/h2-7,15H,1H3. The maximum Gasteiger partial charge on any atom is 0.155 e. The Hall–Kier alpha value is -2.01. The van der Waals surface area contributed by atoms with Crippen LogP contribution < -0.4 is 0 Å². The molecule has 0 amide bonds. The Labute approximate surface area is 103 Å². The maximum atomic E-state index is 5.28. The summed E-state index contributed by atoms with van der Waals surface area (Å²) in [5.41, 5.74) is 3.81. The van der Waals surface area contributed by atoms with Gasteiger partial charge in [0.05, 0.1) is 5.69 Å². The molecule has 0 saturated carbocycles. The molecule has 0 radical (unpaired) electrons. The molecule has 5 heteroatoms. The minimum atomic E-state index is 0.729. The largest absolute Gasteiger partial charge is 0.291 e. The Morgan fingerprint density at radius 1 is 1.24 bits per heavy atom. The molecule has 0 aliphatic heterocycles. The zero-order valence-corrected chi connectivity index (χ0v) is 10.0. The van der Waals surface area contributed by atoms with Crippen LogP contribution in [0.15, 0.2) is 36.7 Å². The van der Waals surface area contributed by atoms with Crippen LogP contribution in [0.5, 0.6) is 0 Å². The third-order valence-electron chi connectivity index (χ3n) is 2.57. The van der Waals surface area contributed by atoms with E-state index in [1.807, 2.05) is 31.2 Å². The Kier molecular flexibility index (Phi) is 2.26. The first-order chi connectivity index (χ1) is 8.24. The van der Waals surface area contributed by atoms with E-state index in [0.29, 0.717) is 0 Å². The van der Waals surface area contributed by atoms with E-state index in [2.05, 4.69) is 15.1 Å². The number of aromatic nitrogens is 4. The molecule has 4 nitrogen and oxygen atoms in total. The van der Waals surface area contributed by atoms with Gasteiger partial charge in [0.2, 0.25) is 0 Å². The number of fused-ring (bicyclic) bond motifs is 1. The number of nitrogens with one attached hydrogen (secondary N) is 1. The molecule has 0 saturated heterocycles. The molecule has 3 heterocycles. The average molecular weight is 242 g/mol. The van der Waals surface area contributed by atoms with Crippen molar-refractivity contribution in [3.05, 3.63) is 47.0 Å². The van der Waals surface area contributed by atoms with Crippen LogP contribution in [0.25, 0.3) is 16.9 Å². The summed E-state index contributed by atoms with van der Waals surface area (Å²) in [5.74, 6) is 0. The summed E-state index contributed by atoms with van der Waals surface area (Å²) in [6.45, 7) is 1.94. The lowest BCUT2D eigenvalue weighted by Crippen LogP contribution is -1.93. The highest BCUT2D eigenvalue weighted by Crippen LogP contribution is 2.18. The predicted molar refractivity (Wildman–Crippen MR) is 68.3 cm³/mol. The van der Waals surface area contributed by atoms with Crippen molar-refractivity contribution >= 4 is 17.9 Å². The van der Waals surface area contributed by atoms with E-state index in [0.717, 1.165) is 27.2 Å². The molecule has 0 aliphatic carbocycles. The van der Waals surface area contributed by atoms with Gasteiger partial charge in [-0.05, 0) is 25.1 Å². The molecular formula is C12H10N4S. The SMILES string of the molecule is Cc1cc(=S)n2[nH]c(-c3ccncc3)cc2n1. The molecule has 0 unspecified atom stereocenters. The second-order valence-corrected chi connectivity index (χ2v) is 4.25. The van der Waals surface area contributed by atoms with Crippen LogP contribution in [0.4, 0.5) is 0 Å². The summed E-state index contributed by atoms with van der Waals surface area (Å²) in [7, 11) is 0. The summed E-state index contributed by atoms with van der Waals surface area (Å²) in [6.07, 6.45) is 3.53. The number of H-pyrrole nitrogens is 1. The molecule has 84 valence electrons. The minimum absolute atomic E-state index is 0.729. The number of aryl methyl sites for hydroxylation is 1. The molecule has 3 rings (SSSR count). The van der Waals surface area contributed by atoms with E-state index in [4.69, 9.17) is 12.2 Å². The number of rotatable bonds is 1. The highest BCUT2D eigenvalue weighted by Gasteiger charge is 2.04. The van der Waals surface area contributed by atoms with E-state index >= 15 is 0 Å². The molecule has 1 N–H and O–H groups in total. The molecule has 3 aromatic heterocycles. The first kappa shape index (κ1) is 10.2. The monoisotopic (exact) mass is 242 g/mol. The summed E-state index contributed by atoms with van der Waals surface area (Å²) < 4.78 is 2.53. The summed E-state index contributed by atoms with van der Waals surface area (Å²) in [6, 6.07) is 7.75. The van der Waals surface area contributed by atoms with E-state index < -0.39 is 0 Å². The summed E-state index contributed by atoms with van der Waals surface area (Å²) in [4.78, 5) is 8.43. The van der Waals surface area contributed by atoms with Gasteiger partial charge >= 0.3 is 0 Å². The Balaban J connectivity index is 2.28. The van der Waals surface area contributed by atoms with Crippen LogP contribution in [-0.4, -0.2) is 19.6 Å². The van der Waals surface area contributed by atoms with Gasteiger partial charge in [-0.2, -0.15) is 0 Å². The average Bonchev–Trinajstić information content (AvgIpc) is 2.74. The van der Waals surface area contributed by atoms with Crippen LogP contribution in [0.1, 0.15) is 5.69 Å². The summed E-state index contributed by atoms with van der Waals surface area (Å²) >= 11 is 5.28. The van der Waals surface area contributed by atoms with Crippen LogP contribution >= 0.6 is 12.2 Å². The van der Waals surface area contributed by atoms with Gasteiger partial charge < -0.3 is 0 Å². The van der Waals surface area contributed by atoms with Crippen LogP contribution in [-0.2, 0) is 0 Å². The third kappa shape index (κ3) is 1.74. The van der Waals surface area contributed by atoms with Crippen molar-refractivity contribution in [2.75, 3.05) is 0 Å². The fourth-order valence-corrected chi connectivity index (χ4v) is 2.10. The number of nitrogens with zero attached hydrogens (tertiary/aromatic N) is 3.